The second-order valence-corrected chi connectivity index (χ2v) is 6.13. The van der Waals surface area contributed by atoms with Crippen LogP contribution in [0.15, 0.2) is 29.6 Å². The molecule has 94 valence electrons. The number of aryl methyl sites for hydroxylation is 1. The monoisotopic (exact) mass is 260 g/mol. The molecule has 2 aliphatic carbocycles. The molecule has 0 atom stereocenters. The molecule has 3 rings (SSSR count). The molecule has 18 heavy (non-hydrogen) atoms. The van der Waals surface area contributed by atoms with E-state index in [4.69, 9.17) is 0 Å². The van der Waals surface area contributed by atoms with Crippen molar-refractivity contribution < 1.29 is 10.2 Å². The predicted octanol–water partition coefficient (Wildman–Crippen LogP) is 2.83. The number of hydrogen-bond acceptors (Lipinski definition) is 3. The summed E-state index contributed by atoms with van der Waals surface area (Å²) in [5.74, 6) is 0.993. The second-order valence-electron chi connectivity index (χ2n) is 4.88. The van der Waals surface area contributed by atoms with Crippen LogP contribution in [-0.4, -0.2) is 10.2 Å². The van der Waals surface area contributed by atoms with Crippen molar-refractivity contribution in [3.05, 3.63) is 44.2 Å². The fraction of sp³-hybridized carbons (Fsp3) is 0.333. The van der Waals surface area contributed by atoms with Crippen molar-refractivity contribution in [1.29, 1.82) is 0 Å². The SMILES string of the molecule is Cc1cc2c(s1)=C(O)CCC=2C1=CC=C(O)CC1. The smallest absolute Gasteiger partial charge is 0.110 e. The number of allylic oxidation sites excluding steroid dienone is 4. The molecule has 0 unspecified atom stereocenters. The van der Waals surface area contributed by atoms with Gasteiger partial charge in [0, 0.05) is 17.7 Å². The Hall–Kier alpha value is -1.48. The van der Waals surface area contributed by atoms with E-state index in [-0.39, 0.29) is 0 Å². The van der Waals surface area contributed by atoms with Crippen LogP contribution < -0.4 is 9.75 Å². The Labute approximate surface area is 110 Å². The predicted molar refractivity (Wildman–Crippen MR) is 75.0 cm³/mol. The molecule has 1 heterocycles. The first-order valence-corrected chi connectivity index (χ1v) is 7.07. The molecule has 1 aromatic rings. The number of fused-ring (bicyclic) bond motifs is 1. The Morgan fingerprint density at radius 1 is 1.06 bits per heavy atom. The van der Waals surface area contributed by atoms with E-state index in [1.165, 1.54) is 21.2 Å². The van der Waals surface area contributed by atoms with Crippen LogP contribution in [0.4, 0.5) is 0 Å². The molecule has 2 nitrogen and oxygen atoms in total. The third-order valence-corrected chi connectivity index (χ3v) is 4.67. The van der Waals surface area contributed by atoms with E-state index >= 15 is 0 Å². The van der Waals surface area contributed by atoms with Crippen LogP contribution in [0.25, 0.3) is 11.3 Å². The molecular weight excluding hydrogens is 244 g/mol. The average Bonchev–Trinajstić information content (AvgIpc) is 2.74. The number of aliphatic hydroxyl groups is 2. The largest absolute Gasteiger partial charge is 0.512 e. The summed E-state index contributed by atoms with van der Waals surface area (Å²) in [6.45, 7) is 2.08. The highest BCUT2D eigenvalue weighted by molar-refractivity contribution is 7.09. The molecule has 0 saturated heterocycles. The molecule has 2 aliphatic rings. The molecule has 0 spiro atoms. The van der Waals surface area contributed by atoms with Crippen LogP contribution in [0.3, 0.4) is 0 Å². The first-order valence-electron chi connectivity index (χ1n) is 6.26. The summed E-state index contributed by atoms with van der Waals surface area (Å²) in [5.41, 5.74) is 2.65. The van der Waals surface area contributed by atoms with Crippen LogP contribution in [0, 0.1) is 6.92 Å². The van der Waals surface area contributed by atoms with Gasteiger partial charge in [-0.3, -0.25) is 0 Å². The molecule has 0 fully saturated rings. The molecular formula is C15H16O2S. The summed E-state index contributed by atoms with van der Waals surface area (Å²) in [7, 11) is 0. The van der Waals surface area contributed by atoms with Gasteiger partial charge in [0.2, 0.25) is 0 Å². The van der Waals surface area contributed by atoms with E-state index < -0.39 is 0 Å². The van der Waals surface area contributed by atoms with Gasteiger partial charge in [-0.25, -0.2) is 0 Å². The van der Waals surface area contributed by atoms with Crippen molar-refractivity contribution in [3.63, 3.8) is 0 Å². The highest BCUT2D eigenvalue weighted by Crippen LogP contribution is 2.28. The Kier molecular flexibility index (Phi) is 2.78. The third kappa shape index (κ3) is 1.89. The van der Waals surface area contributed by atoms with Crippen molar-refractivity contribution in [2.45, 2.75) is 32.6 Å². The molecule has 0 amide bonds. The minimum Gasteiger partial charge on any atom is -0.512 e. The van der Waals surface area contributed by atoms with E-state index in [1.54, 1.807) is 17.4 Å². The van der Waals surface area contributed by atoms with E-state index in [0.29, 0.717) is 11.5 Å². The van der Waals surface area contributed by atoms with Gasteiger partial charge in [0.15, 0.2) is 0 Å². The van der Waals surface area contributed by atoms with Gasteiger partial charge >= 0.3 is 0 Å². The summed E-state index contributed by atoms with van der Waals surface area (Å²) in [5, 5.41) is 20.6. The highest BCUT2D eigenvalue weighted by atomic mass is 32.1. The molecule has 0 saturated carbocycles. The fourth-order valence-corrected chi connectivity index (χ4v) is 3.67. The van der Waals surface area contributed by atoms with E-state index in [9.17, 15) is 10.2 Å². The van der Waals surface area contributed by atoms with E-state index in [1.807, 2.05) is 6.08 Å². The normalized spacial score (nSPS) is 19.4. The number of rotatable bonds is 1. The van der Waals surface area contributed by atoms with Crippen molar-refractivity contribution in [2.24, 2.45) is 0 Å². The minimum absolute atomic E-state index is 0.464. The molecule has 0 bridgehead atoms. The van der Waals surface area contributed by atoms with Gasteiger partial charge in [0.25, 0.3) is 0 Å². The van der Waals surface area contributed by atoms with Crippen LogP contribution in [0.1, 0.15) is 30.6 Å². The second kappa shape index (κ2) is 4.32. The van der Waals surface area contributed by atoms with Crippen LogP contribution in [0.2, 0.25) is 0 Å². The van der Waals surface area contributed by atoms with Gasteiger partial charge in [0.1, 0.15) is 5.76 Å². The van der Waals surface area contributed by atoms with Gasteiger partial charge in [-0.15, -0.1) is 11.3 Å². The maximum absolute atomic E-state index is 9.98. The van der Waals surface area contributed by atoms with Crippen molar-refractivity contribution >= 4 is 22.7 Å². The highest BCUT2D eigenvalue weighted by Gasteiger charge is 2.17. The van der Waals surface area contributed by atoms with Crippen LogP contribution in [0.5, 0.6) is 0 Å². The zero-order chi connectivity index (χ0) is 12.7. The molecule has 0 radical (unpaired) electrons. The Morgan fingerprint density at radius 2 is 1.89 bits per heavy atom. The summed E-state index contributed by atoms with van der Waals surface area (Å²) in [6.07, 6.45) is 7.07. The Balaban J connectivity index is 2.23. The summed E-state index contributed by atoms with van der Waals surface area (Å²) >= 11 is 1.67. The van der Waals surface area contributed by atoms with Crippen molar-refractivity contribution in [1.82, 2.24) is 0 Å². The standard InChI is InChI=1S/C15H16O2S/c1-9-8-13-12(6-7-14(17)15(13)18-9)10-2-4-11(16)5-3-10/h2,4,8,16-17H,3,5-7H2,1H3. The summed E-state index contributed by atoms with van der Waals surface area (Å²) in [4.78, 5) is 1.24. The Morgan fingerprint density at radius 3 is 2.61 bits per heavy atom. The van der Waals surface area contributed by atoms with Crippen molar-refractivity contribution in [3.8, 4) is 0 Å². The van der Waals surface area contributed by atoms with Gasteiger partial charge in [-0.05, 0) is 48.3 Å². The van der Waals surface area contributed by atoms with Gasteiger partial charge < -0.3 is 10.2 Å². The summed E-state index contributed by atoms with van der Waals surface area (Å²) < 4.78 is 1.04. The third-order valence-electron chi connectivity index (χ3n) is 3.57. The minimum atomic E-state index is 0.464. The van der Waals surface area contributed by atoms with E-state index in [0.717, 1.165) is 30.2 Å². The van der Waals surface area contributed by atoms with Gasteiger partial charge in [0.05, 0.1) is 10.3 Å². The lowest BCUT2D eigenvalue weighted by atomic mass is 9.90. The van der Waals surface area contributed by atoms with Gasteiger partial charge in [-0.1, -0.05) is 6.08 Å². The Bertz CT molecular complexity index is 674. The summed E-state index contributed by atoms with van der Waals surface area (Å²) in [6, 6.07) is 2.17. The van der Waals surface area contributed by atoms with Crippen molar-refractivity contribution in [2.75, 3.05) is 0 Å². The maximum atomic E-state index is 9.98. The molecule has 3 heteroatoms. The number of thiophene rings is 1. The lowest BCUT2D eigenvalue weighted by Gasteiger charge is -2.17. The lowest BCUT2D eigenvalue weighted by Crippen LogP contribution is -2.28. The van der Waals surface area contributed by atoms with Crippen LogP contribution >= 0.6 is 11.3 Å². The quantitative estimate of drug-likeness (QED) is 0.815. The number of aliphatic hydroxyl groups excluding tert-OH is 2. The van der Waals surface area contributed by atoms with E-state index in [2.05, 4.69) is 13.0 Å². The molecule has 0 aliphatic heterocycles. The fourth-order valence-electron chi connectivity index (χ4n) is 2.66. The average molecular weight is 260 g/mol. The lowest BCUT2D eigenvalue weighted by molar-refractivity contribution is 0.386. The van der Waals surface area contributed by atoms with Gasteiger partial charge in [-0.2, -0.15) is 0 Å². The molecule has 0 aromatic carbocycles. The topological polar surface area (TPSA) is 40.5 Å². The molecule has 1 aromatic heterocycles. The first-order chi connectivity index (χ1) is 8.65. The zero-order valence-electron chi connectivity index (χ0n) is 10.4. The first kappa shape index (κ1) is 11.6. The molecule has 2 N–H and O–H groups in total. The maximum Gasteiger partial charge on any atom is 0.110 e. The zero-order valence-corrected chi connectivity index (χ0v) is 11.2. The number of hydrogen-bond donors (Lipinski definition) is 2. The van der Waals surface area contributed by atoms with Crippen LogP contribution in [-0.2, 0) is 0 Å².